The number of nitrogens with one attached hydrogen (secondary N) is 1. The van der Waals surface area contributed by atoms with Gasteiger partial charge in [-0.1, -0.05) is 0 Å². The predicted octanol–water partition coefficient (Wildman–Crippen LogP) is 2.82. The van der Waals surface area contributed by atoms with Crippen molar-refractivity contribution >= 4 is 5.69 Å². The van der Waals surface area contributed by atoms with E-state index in [4.69, 9.17) is 14.2 Å². The third-order valence-corrected chi connectivity index (χ3v) is 2.94. The van der Waals surface area contributed by atoms with Gasteiger partial charge in [-0.2, -0.15) is 0 Å². The lowest BCUT2D eigenvalue weighted by atomic mass is 10.2. The molecule has 1 aromatic carbocycles. The molecule has 0 radical (unpaired) electrons. The van der Waals surface area contributed by atoms with Gasteiger partial charge in [-0.3, -0.25) is 0 Å². The molecule has 0 saturated heterocycles. The quantitative estimate of drug-likeness (QED) is 0.737. The summed E-state index contributed by atoms with van der Waals surface area (Å²) in [5.41, 5.74) is 0.693. The molecular weight excluding hydrogens is 249 g/mol. The predicted molar refractivity (Wildman–Crippen MR) is 71.6 cm³/mol. The molecule has 19 heavy (non-hydrogen) atoms. The van der Waals surface area contributed by atoms with Gasteiger partial charge in [-0.15, -0.1) is 0 Å². The Labute approximate surface area is 112 Å². The van der Waals surface area contributed by atoms with Crippen LogP contribution in [0, 0.1) is 5.82 Å². The van der Waals surface area contributed by atoms with Crippen molar-refractivity contribution in [2.75, 3.05) is 32.8 Å². The topological polar surface area (TPSA) is 39.7 Å². The van der Waals surface area contributed by atoms with E-state index in [0.29, 0.717) is 30.7 Å². The van der Waals surface area contributed by atoms with Crippen molar-refractivity contribution in [3.05, 3.63) is 17.9 Å². The average molecular weight is 269 g/mol. The average Bonchev–Trinajstić information content (AvgIpc) is 3.20. The highest BCUT2D eigenvalue weighted by molar-refractivity contribution is 5.60. The Balaban J connectivity index is 2.06. The van der Waals surface area contributed by atoms with Crippen LogP contribution in [0.5, 0.6) is 11.5 Å². The Morgan fingerprint density at radius 2 is 2.00 bits per heavy atom. The molecule has 1 aliphatic rings. The molecule has 0 aromatic heterocycles. The van der Waals surface area contributed by atoms with E-state index in [-0.39, 0.29) is 11.6 Å². The third kappa shape index (κ3) is 3.99. The number of halogens is 1. The summed E-state index contributed by atoms with van der Waals surface area (Å²) in [6, 6.07) is 3.46. The fourth-order valence-electron chi connectivity index (χ4n) is 1.76. The Bertz CT molecular complexity index is 421. The molecule has 0 bridgehead atoms. The molecule has 1 fully saturated rings. The molecule has 1 N–H and O–H groups in total. The highest BCUT2D eigenvalue weighted by Crippen LogP contribution is 2.35. The molecule has 0 atom stereocenters. The monoisotopic (exact) mass is 269 g/mol. The van der Waals surface area contributed by atoms with Crippen molar-refractivity contribution in [1.29, 1.82) is 0 Å². The van der Waals surface area contributed by atoms with E-state index in [2.05, 4.69) is 5.32 Å². The van der Waals surface area contributed by atoms with Gasteiger partial charge in [0.2, 0.25) is 0 Å². The van der Waals surface area contributed by atoms with Crippen LogP contribution in [0.4, 0.5) is 10.1 Å². The van der Waals surface area contributed by atoms with E-state index in [9.17, 15) is 4.39 Å². The smallest absolute Gasteiger partial charge is 0.167 e. The maximum atomic E-state index is 13.7. The van der Waals surface area contributed by atoms with Crippen molar-refractivity contribution in [3.8, 4) is 11.5 Å². The highest BCUT2D eigenvalue weighted by atomic mass is 19.1. The SMILES string of the molecule is COCCCOc1cc(OC)c(F)cc1NC1CC1. The highest BCUT2D eigenvalue weighted by Gasteiger charge is 2.23. The number of rotatable bonds is 8. The zero-order valence-corrected chi connectivity index (χ0v) is 11.4. The van der Waals surface area contributed by atoms with E-state index < -0.39 is 0 Å². The van der Waals surface area contributed by atoms with E-state index in [1.165, 1.54) is 13.2 Å². The summed E-state index contributed by atoms with van der Waals surface area (Å²) in [5.74, 6) is 0.444. The Morgan fingerprint density at radius 3 is 2.63 bits per heavy atom. The van der Waals surface area contributed by atoms with E-state index in [0.717, 1.165) is 19.3 Å². The minimum atomic E-state index is -0.380. The first-order valence-electron chi connectivity index (χ1n) is 6.50. The first-order chi connectivity index (χ1) is 9.24. The van der Waals surface area contributed by atoms with Crippen molar-refractivity contribution in [2.24, 2.45) is 0 Å². The van der Waals surface area contributed by atoms with Crippen LogP contribution < -0.4 is 14.8 Å². The maximum Gasteiger partial charge on any atom is 0.167 e. The van der Waals surface area contributed by atoms with Crippen LogP contribution in [-0.4, -0.2) is 33.5 Å². The summed E-state index contributed by atoms with van der Waals surface area (Å²) in [5, 5.41) is 3.27. The van der Waals surface area contributed by atoms with Gasteiger partial charge in [0.1, 0.15) is 5.75 Å². The summed E-state index contributed by atoms with van der Waals surface area (Å²) in [7, 11) is 3.10. The van der Waals surface area contributed by atoms with Crippen LogP contribution in [-0.2, 0) is 4.74 Å². The van der Waals surface area contributed by atoms with Crippen molar-refractivity contribution < 1.29 is 18.6 Å². The van der Waals surface area contributed by atoms with Gasteiger partial charge in [0.05, 0.1) is 19.4 Å². The largest absolute Gasteiger partial charge is 0.494 e. The Morgan fingerprint density at radius 1 is 1.21 bits per heavy atom. The molecule has 0 spiro atoms. The number of benzene rings is 1. The maximum absolute atomic E-state index is 13.7. The molecule has 2 rings (SSSR count). The summed E-state index contributed by atoms with van der Waals surface area (Å²) in [4.78, 5) is 0. The molecule has 4 nitrogen and oxygen atoms in total. The normalized spacial score (nSPS) is 14.3. The number of hydrogen-bond acceptors (Lipinski definition) is 4. The van der Waals surface area contributed by atoms with Gasteiger partial charge in [0.25, 0.3) is 0 Å². The summed E-state index contributed by atoms with van der Waals surface area (Å²) >= 11 is 0. The van der Waals surface area contributed by atoms with E-state index in [1.807, 2.05) is 0 Å². The zero-order valence-electron chi connectivity index (χ0n) is 11.4. The van der Waals surface area contributed by atoms with Gasteiger partial charge in [0, 0.05) is 38.3 Å². The lowest BCUT2D eigenvalue weighted by Crippen LogP contribution is -2.07. The van der Waals surface area contributed by atoms with Gasteiger partial charge in [-0.25, -0.2) is 4.39 Å². The number of hydrogen-bond donors (Lipinski definition) is 1. The number of ether oxygens (including phenoxy) is 3. The second-order valence-electron chi connectivity index (χ2n) is 4.60. The van der Waals surface area contributed by atoms with Gasteiger partial charge >= 0.3 is 0 Å². The van der Waals surface area contributed by atoms with Crippen molar-refractivity contribution in [3.63, 3.8) is 0 Å². The summed E-state index contributed by atoms with van der Waals surface area (Å²) in [6.45, 7) is 1.17. The first-order valence-corrected chi connectivity index (χ1v) is 6.50. The second kappa shape index (κ2) is 6.61. The molecule has 5 heteroatoms. The lowest BCUT2D eigenvalue weighted by molar-refractivity contribution is 0.172. The fraction of sp³-hybridized carbons (Fsp3) is 0.571. The second-order valence-corrected chi connectivity index (χ2v) is 4.60. The minimum Gasteiger partial charge on any atom is -0.494 e. The Hall–Kier alpha value is -1.49. The van der Waals surface area contributed by atoms with E-state index >= 15 is 0 Å². The molecule has 0 heterocycles. The van der Waals surface area contributed by atoms with Gasteiger partial charge in [-0.05, 0) is 12.8 Å². The molecule has 1 aliphatic carbocycles. The van der Waals surface area contributed by atoms with Crippen molar-refractivity contribution in [1.82, 2.24) is 0 Å². The van der Waals surface area contributed by atoms with Gasteiger partial charge < -0.3 is 19.5 Å². The van der Waals surface area contributed by atoms with Crippen LogP contribution in [0.25, 0.3) is 0 Å². The number of anilines is 1. The standard InChI is InChI=1S/C14H20FNO3/c1-17-6-3-7-19-14-9-13(18-2)11(15)8-12(14)16-10-4-5-10/h8-10,16H,3-7H2,1-2H3. The molecule has 0 amide bonds. The minimum absolute atomic E-state index is 0.197. The number of methoxy groups -OCH3 is 2. The molecule has 0 unspecified atom stereocenters. The summed E-state index contributed by atoms with van der Waals surface area (Å²) < 4.78 is 29.3. The molecule has 1 saturated carbocycles. The molecule has 1 aromatic rings. The summed E-state index contributed by atoms with van der Waals surface area (Å²) in [6.07, 6.45) is 3.03. The first kappa shape index (κ1) is 13.9. The van der Waals surface area contributed by atoms with Crippen LogP contribution in [0.3, 0.4) is 0 Å². The zero-order chi connectivity index (χ0) is 13.7. The van der Waals surface area contributed by atoms with Crippen molar-refractivity contribution in [2.45, 2.75) is 25.3 Å². The van der Waals surface area contributed by atoms with Crippen LogP contribution >= 0.6 is 0 Å². The van der Waals surface area contributed by atoms with Gasteiger partial charge in [0.15, 0.2) is 11.6 Å². The fourth-order valence-corrected chi connectivity index (χ4v) is 1.76. The molecule has 106 valence electrons. The van der Waals surface area contributed by atoms with Crippen LogP contribution in [0.2, 0.25) is 0 Å². The lowest BCUT2D eigenvalue weighted by Gasteiger charge is -2.15. The van der Waals surface area contributed by atoms with Crippen LogP contribution in [0.1, 0.15) is 19.3 Å². The van der Waals surface area contributed by atoms with Crippen LogP contribution in [0.15, 0.2) is 12.1 Å². The van der Waals surface area contributed by atoms with E-state index in [1.54, 1.807) is 13.2 Å². The molecular formula is C14H20FNO3. The molecule has 0 aliphatic heterocycles. The Kier molecular flexibility index (Phi) is 4.85. The third-order valence-electron chi connectivity index (χ3n) is 2.94.